The van der Waals surface area contributed by atoms with Gasteiger partial charge in [-0.05, 0) is 45.2 Å². The number of aromatic nitrogens is 3. The molecule has 32 heavy (non-hydrogen) atoms. The van der Waals surface area contributed by atoms with Crippen LogP contribution in [0.1, 0.15) is 67.6 Å². The molecule has 1 fully saturated rings. The molecule has 0 aromatic carbocycles. The van der Waals surface area contributed by atoms with Crippen molar-refractivity contribution in [3.05, 3.63) is 40.8 Å². The molecule has 2 aromatic heterocycles. The maximum atomic E-state index is 12.7. The van der Waals surface area contributed by atoms with Gasteiger partial charge < -0.3 is 15.3 Å². The van der Waals surface area contributed by atoms with Gasteiger partial charge >= 0.3 is 0 Å². The second kappa shape index (κ2) is 7.32. The topological polar surface area (TPSA) is 126 Å². The first kappa shape index (κ1) is 20.5. The van der Waals surface area contributed by atoms with Crippen LogP contribution in [-0.2, 0) is 10.3 Å². The van der Waals surface area contributed by atoms with E-state index in [-0.39, 0.29) is 11.4 Å². The number of hydrogen-bond donors (Lipinski definition) is 3. The van der Waals surface area contributed by atoms with Crippen LogP contribution in [0.15, 0.2) is 28.4 Å². The number of aliphatic imine (C=N–C) groups is 1. The maximum Gasteiger partial charge on any atom is 0.291 e. The lowest BCUT2D eigenvalue weighted by Gasteiger charge is -2.34. The number of fused-ring (bicyclic) bond motifs is 2. The Morgan fingerprint density at radius 2 is 2.00 bits per heavy atom. The van der Waals surface area contributed by atoms with Crippen LogP contribution in [0.25, 0.3) is 0 Å². The van der Waals surface area contributed by atoms with E-state index in [0.29, 0.717) is 41.0 Å². The van der Waals surface area contributed by atoms with E-state index in [4.69, 9.17) is 4.74 Å². The average molecular weight is 438 g/mol. The van der Waals surface area contributed by atoms with Crippen molar-refractivity contribution in [3.8, 4) is 0 Å². The van der Waals surface area contributed by atoms with E-state index < -0.39 is 5.54 Å². The predicted octanol–water partition coefficient (Wildman–Crippen LogP) is 2.54. The largest absolute Gasteiger partial charge is 0.462 e. The fourth-order valence-corrected chi connectivity index (χ4v) is 4.75. The highest BCUT2D eigenvalue weighted by molar-refractivity contribution is 6.00. The molecule has 3 N–H and O–H groups in total. The van der Waals surface area contributed by atoms with Gasteiger partial charge in [0.15, 0.2) is 11.3 Å². The van der Waals surface area contributed by atoms with Crippen LogP contribution in [0.4, 0.5) is 11.6 Å². The van der Waals surface area contributed by atoms with Gasteiger partial charge in [-0.2, -0.15) is 4.73 Å². The summed E-state index contributed by atoms with van der Waals surface area (Å²) in [5.74, 6) is 0.707. The molecular formula is C22H27N7O3. The number of carbonyl (C=O) groups excluding carboxylic acids is 1. The number of amidine groups is 1. The summed E-state index contributed by atoms with van der Waals surface area (Å²) in [6.45, 7) is 6.32. The van der Waals surface area contributed by atoms with Gasteiger partial charge in [-0.15, -0.1) is 0 Å². The number of amides is 1. The fourth-order valence-electron chi connectivity index (χ4n) is 4.75. The Kier molecular flexibility index (Phi) is 4.68. The third kappa shape index (κ3) is 3.49. The number of nitrogens with zero attached hydrogens (tertiary/aromatic N) is 5. The SMILES string of the molecule is Cc1cc(=Nc2cc(NC3=NC(C)(C)CO3)ncn2)n(O)c2c1C(=O)NC21CCCCC1. The third-order valence-corrected chi connectivity index (χ3v) is 6.23. The summed E-state index contributed by atoms with van der Waals surface area (Å²) in [6, 6.07) is 3.75. The van der Waals surface area contributed by atoms with Gasteiger partial charge in [-0.3, -0.25) is 10.1 Å². The van der Waals surface area contributed by atoms with E-state index in [0.717, 1.165) is 42.4 Å². The quantitative estimate of drug-likeness (QED) is 0.620. The molecule has 0 bridgehead atoms. The summed E-state index contributed by atoms with van der Waals surface area (Å²) >= 11 is 0. The summed E-state index contributed by atoms with van der Waals surface area (Å²) in [5, 5.41) is 17.3. The number of hydrogen-bond acceptors (Lipinski definition) is 8. The maximum absolute atomic E-state index is 12.7. The Balaban J connectivity index is 1.54. The third-order valence-electron chi connectivity index (χ3n) is 6.23. The van der Waals surface area contributed by atoms with Gasteiger partial charge in [0.05, 0.1) is 22.3 Å². The Morgan fingerprint density at radius 1 is 1.22 bits per heavy atom. The summed E-state index contributed by atoms with van der Waals surface area (Å²) in [6.07, 6.45) is 6.12. The van der Waals surface area contributed by atoms with Crippen LogP contribution in [0.3, 0.4) is 0 Å². The summed E-state index contributed by atoms with van der Waals surface area (Å²) in [4.78, 5) is 30.1. The van der Waals surface area contributed by atoms with E-state index in [1.807, 2.05) is 20.8 Å². The molecule has 1 spiro atoms. The van der Waals surface area contributed by atoms with Gasteiger partial charge in [0.1, 0.15) is 18.8 Å². The van der Waals surface area contributed by atoms with Gasteiger partial charge in [0.25, 0.3) is 11.9 Å². The van der Waals surface area contributed by atoms with Crippen molar-refractivity contribution in [2.45, 2.75) is 64.0 Å². The molecular weight excluding hydrogens is 410 g/mol. The number of anilines is 1. The van der Waals surface area contributed by atoms with E-state index in [1.54, 1.807) is 12.1 Å². The molecule has 0 radical (unpaired) electrons. The Labute approximate surface area is 185 Å². The Hall–Kier alpha value is -3.43. The zero-order chi connectivity index (χ0) is 22.5. The van der Waals surface area contributed by atoms with E-state index in [2.05, 4.69) is 30.6 Å². The first-order valence-electron chi connectivity index (χ1n) is 10.9. The molecule has 4 heterocycles. The van der Waals surface area contributed by atoms with Crippen molar-refractivity contribution in [3.63, 3.8) is 0 Å². The van der Waals surface area contributed by atoms with Crippen molar-refractivity contribution in [1.29, 1.82) is 0 Å². The minimum Gasteiger partial charge on any atom is -0.462 e. The second-order valence-electron chi connectivity index (χ2n) is 9.33. The van der Waals surface area contributed by atoms with Crippen LogP contribution >= 0.6 is 0 Å². The number of nitrogens with one attached hydrogen (secondary N) is 2. The first-order valence-corrected chi connectivity index (χ1v) is 10.9. The van der Waals surface area contributed by atoms with Gasteiger partial charge in [0.2, 0.25) is 0 Å². The zero-order valence-corrected chi connectivity index (χ0v) is 18.5. The minimum absolute atomic E-state index is 0.137. The average Bonchev–Trinajstić information content (AvgIpc) is 3.22. The number of pyridine rings is 1. The highest BCUT2D eigenvalue weighted by Gasteiger charge is 2.47. The number of aryl methyl sites for hydroxylation is 1. The molecule has 0 saturated heterocycles. The van der Waals surface area contributed by atoms with Crippen molar-refractivity contribution in [1.82, 2.24) is 20.0 Å². The fraction of sp³-hybridized carbons (Fsp3) is 0.500. The normalized spacial score (nSPS) is 21.2. The van der Waals surface area contributed by atoms with Crippen LogP contribution in [0.5, 0.6) is 0 Å². The smallest absolute Gasteiger partial charge is 0.291 e. The molecule has 1 saturated carbocycles. The molecule has 1 aliphatic carbocycles. The molecule has 0 atom stereocenters. The molecule has 1 amide bonds. The lowest BCUT2D eigenvalue weighted by Crippen LogP contribution is -2.43. The van der Waals surface area contributed by atoms with Crippen LogP contribution in [0, 0.1) is 6.92 Å². The van der Waals surface area contributed by atoms with Crippen molar-refractivity contribution in [2.24, 2.45) is 9.98 Å². The van der Waals surface area contributed by atoms with Crippen LogP contribution < -0.4 is 16.1 Å². The molecule has 2 aromatic rings. The van der Waals surface area contributed by atoms with Crippen LogP contribution in [0.2, 0.25) is 0 Å². The first-order chi connectivity index (χ1) is 15.3. The van der Waals surface area contributed by atoms with Gasteiger partial charge in [0, 0.05) is 6.07 Å². The van der Waals surface area contributed by atoms with Gasteiger partial charge in [-0.1, -0.05) is 19.3 Å². The Bertz CT molecular complexity index is 1190. The number of ether oxygens (including phenoxy) is 1. The Morgan fingerprint density at radius 3 is 2.72 bits per heavy atom. The minimum atomic E-state index is -0.543. The van der Waals surface area contributed by atoms with Crippen molar-refractivity contribution in [2.75, 3.05) is 11.9 Å². The summed E-state index contributed by atoms with van der Waals surface area (Å²) < 4.78 is 6.60. The van der Waals surface area contributed by atoms with E-state index >= 15 is 0 Å². The summed E-state index contributed by atoms with van der Waals surface area (Å²) in [5.41, 5.74) is 1.39. The van der Waals surface area contributed by atoms with E-state index in [9.17, 15) is 10.0 Å². The van der Waals surface area contributed by atoms with Crippen LogP contribution in [-0.4, -0.2) is 44.0 Å². The van der Waals surface area contributed by atoms with Crippen molar-refractivity contribution < 1.29 is 14.7 Å². The highest BCUT2D eigenvalue weighted by Crippen LogP contribution is 2.42. The summed E-state index contributed by atoms with van der Waals surface area (Å²) in [7, 11) is 0. The molecule has 5 rings (SSSR count). The lowest BCUT2D eigenvalue weighted by molar-refractivity contribution is 0.0892. The highest BCUT2D eigenvalue weighted by atomic mass is 16.5. The number of rotatable bonds is 2. The molecule has 10 heteroatoms. The van der Waals surface area contributed by atoms with E-state index in [1.165, 1.54) is 6.33 Å². The monoisotopic (exact) mass is 437 g/mol. The van der Waals surface area contributed by atoms with Gasteiger partial charge in [-0.25, -0.2) is 20.0 Å². The molecule has 0 unspecified atom stereocenters. The molecule has 10 nitrogen and oxygen atoms in total. The molecule has 2 aliphatic heterocycles. The lowest BCUT2D eigenvalue weighted by atomic mass is 9.79. The number of carbonyl (C=O) groups is 1. The predicted molar refractivity (Wildman–Crippen MR) is 117 cm³/mol. The zero-order valence-electron chi connectivity index (χ0n) is 18.5. The van der Waals surface area contributed by atoms with Crippen molar-refractivity contribution >= 4 is 23.6 Å². The standard InChI is InChI=1S/C22H27N7O3/c1-13-9-16(29(31)18-17(13)19(30)27-22(18)7-5-4-6-8-22)25-14-10-15(24-12-23-14)26-20-28-21(2,3)11-32-20/h9-10,12,31H,4-8,11H2,1-3H3,(H,27,30)(H,23,24,26,28). The second-order valence-corrected chi connectivity index (χ2v) is 9.33. The molecule has 168 valence electrons. The molecule has 3 aliphatic rings.